The van der Waals surface area contributed by atoms with Gasteiger partial charge in [-0.05, 0) is 144 Å². The predicted molar refractivity (Wildman–Crippen MR) is 357 cm³/mol. The first-order valence-corrected chi connectivity index (χ1v) is 28.3. The third-order valence-electron chi connectivity index (χ3n) is 12.5. The second kappa shape index (κ2) is 35.3. The molecule has 12 heteroatoms. The van der Waals surface area contributed by atoms with E-state index in [1.54, 1.807) is 35.2 Å². The minimum atomic E-state index is -1.32. The maximum absolute atomic E-state index is 13.1. The molecule has 7 rings (SSSR count). The van der Waals surface area contributed by atoms with Gasteiger partial charge in [-0.2, -0.15) is 9.49 Å². The average Bonchev–Trinajstić information content (AvgIpc) is 4.06. The molecular formula is C73H114F4N6O2. The SMILES string of the molecule is C.C.C.CC(C)(C)c1ccc(F)cc1F.CC(C)(C)c1ccc(F)nc1.CC(F)Oc1ccc(C(C)(C)C)cn1.CCn1cc(C(C)(C)C)cn1.Cc1ccc(C(C)(C)C)cc1.Cc1ccc(C(C)(C)C)cn1.Cc1ccn(C(C)(C)C)c(=O)c1. The van der Waals surface area contributed by atoms with Gasteiger partial charge in [0.2, 0.25) is 18.2 Å². The van der Waals surface area contributed by atoms with Gasteiger partial charge in [0.25, 0.3) is 5.56 Å². The number of rotatable bonds is 3. The van der Waals surface area contributed by atoms with Crippen LogP contribution in [-0.4, -0.2) is 35.7 Å². The van der Waals surface area contributed by atoms with Crippen molar-refractivity contribution in [3.63, 3.8) is 0 Å². The van der Waals surface area contributed by atoms with Gasteiger partial charge in [0.1, 0.15) is 11.6 Å². The summed E-state index contributed by atoms with van der Waals surface area (Å²) in [5.74, 6) is -1.09. The first-order valence-electron chi connectivity index (χ1n) is 28.3. The molecule has 0 fully saturated rings. The molecule has 0 aliphatic rings. The van der Waals surface area contributed by atoms with E-state index in [4.69, 9.17) is 4.74 Å². The Morgan fingerprint density at radius 2 is 0.941 bits per heavy atom. The maximum atomic E-state index is 13.1. The first-order chi connectivity index (χ1) is 37.2. The van der Waals surface area contributed by atoms with Crippen molar-refractivity contribution in [2.75, 3.05) is 0 Å². The third-order valence-corrected chi connectivity index (χ3v) is 12.5. The number of aromatic nitrogens is 6. The van der Waals surface area contributed by atoms with Crippen LogP contribution in [0.25, 0.3) is 0 Å². The molecule has 0 amide bonds. The predicted octanol–water partition coefficient (Wildman–Crippen LogP) is 20.9. The lowest BCUT2D eigenvalue weighted by molar-refractivity contribution is 0.0809. The zero-order chi connectivity index (χ0) is 63.4. The van der Waals surface area contributed by atoms with Crippen molar-refractivity contribution in [1.82, 2.24) is 29.3 Å². The van der Waals surface area contributed by atoms with Crippen LogP contribution in [0.2, 0.25) is 0 Å². The van der Waals surface area contributed by atoms with E-state index >= 15 is 0 Å². The number of alkyl halides is 1. The van der Waals surface area contributed by atoms with Gasteiger partial charge in [0.15, 0.2) is 0 Å². The maximum Gasteiger partial charge on any atom is 0.251 e. The number of aryl methyl sites for hydroxylation is 4. The van der Waals surface area contributed by atoms with Crippen LogP contribution in [0.1, 0.15) is 232 Å². The highest BCUT2D eigenvalue weighted by Crippen LogP contribution is 2.27. The minimum absolute atomic E-state index is 0. The number of benzene rings is 2. The molecule has 0 aliphatic carbocycles. The summed E-state index contributed by atoms with van der Waals surface area (Å²) in [4.78, 5) is 23.3. The van der Waals surface area contributed by atoms with Crippen LogP contribution in [-0.2, 0) is 44.6 Å². The third kappa shape index (κ3) is 32.6. The summed E-state index contributed by atoms with van der Waals surface area (Å²) in [7, 11) is 0. The lowest BCUT2D eigenvalue weighted by Gasteiger charge is -2.21. The van der Waals surface area contributed by atoms with Gasteiger partial charge in [-0.1, -0.05) is 201 Å². The Balaban J connectivity index is -0.000000919. The number of ether oxygens (including phenoxy) is 1. The Hall–Kier alpha value is -6.43. The van der Waals surface area contributed by atoms with E-state index in [-0.39, 0.29) is 65.9 Å². The lowest BCUT2D eigenvalue weighted by atomic mass is 9.87. The molecule has 0 bridgehead atoms. The number of halogens is 4. The molecule has 0 saturated carbocycles. The topological polar surface area (TPSA) is 87.7 Å². The van der Waals surface area contributed by atoms with E-state index < -0.39 is 23.9 Å². The fraction of sp³-hybridized carbons (Fsp3) is 0.521. The van der Waals surface area contributed by atoms with Crippen molar-refractivity contribution in [2.24, 2.45) is 0 Å². The fourth-order valence-electron chi connectivity index (χ4n) is 7.00. The van der Waals surface area contributed by atoms with Gasteiger partial charge >= 0.3 is 0 Å². The van der Waals surface area contributed by atoms with Gasteiger partial charge in [-0.15, -0.1) is 0 Å². The summed E-state index contributed by atoms with van der Waals surface area (Å²) in [6, 6.07) is 27.0. The molecule has 2 aromatic carbocycles. The van der Waals surface area contributed by atoms with Crippen molar-refractivity contribution in [2.45, 2.75) is 253 Å². The second-order valence-electron chi connectivity index (χ2n) is 27.8. The summed E-state index contributed by atoms with van der Waals surface area (Å²) >= 11 is 0. The van der Waals surface area contributed by atoms with Crippen LogP contribution in [0, 0.1) is 38.4 Å². The van der Waals surface area contributed by atoms with Crippen molar-refractivity contribution < 1.29 is 22.3 Å². The Morgan fingerprint density at radius 1 is 0.494 bits per heavy atom. The molecule has 5 aromatic heterocycles. The van der Waals surface area contributed by atoms with Gasteiger partial charge in [0.05, 0.1) is 6.20 Å². The van der Waals surface area contributed by atoms with Crippen LogP contribution in [0.4, 0.5) is 17.6 Å². The standard InChI is InChI=1S/C11H16FNO.C11H16.C10H12F2.C10H15NO.C10H15N.C9H12FN.C9H16N2.3CH4/c1-8(12)14-10-6-5-9(7-13-10)11(2,3)4;1-9-5-7-10(8-6-9)11(2,3)4;1-10(2,3)8-5-4-7(11)6-9(8)12;1-8-5-6-11(9(12)7-8)10(2,3)4;1-8-5-6-9(7-11-8)10(2,3)4;1-9(2,3)7-4-5-8(10)11-6-7;1-5-11-7-8(6-10-11)9(2,3)4;;;/h5-8H,1-4H3;5-8H,1-4H3;4-6H,1-3H3;5-7H,1-4H3;5-7H,1-4H3;4-6H,1-3H3;6-7H,5H2,1-4H3;3*1H4. The Labute approximate surface area is 514 Å². The van der Waals surface area contributed by atoms with E-state index in [1.165, 1.54) is 47.4 Å². The first kappa shape index (κ1) is 82.8. The van der Waals surface area contributed by atoms with Crippen molar-refractivity contribution in [3.05, 3.63) is 206 Å². The number of nitrogens with zero attached hydrogens (tertiary/aromatic N) is 6. The highest BCUT2D eigenvalue weighted by atomic mass is 19.2. The zero-order valence-electron chi connectivity index (χ0n) is 54.9. The monoisotopic (exact) mass is 1180 g/mol. The fourth-order valence-corrected chi connectivity index (χ4v) is 7.00. The quantitative estimate of drug-likeness (QED) is 0.129. The van der Waals surface area contributed by atoms with E-state index in [0.29, 0.717) is 11.4 Å². The number of hydrogen-bond acceptors (Lipinski definition) is 6. The normalized spacial score (nSPS) is 11.6. The number of hydrogen-bond donors (Lipinski definition) is 0. The van der Waals surface area contributed by atoms with Crippen LogP contribution in [0.3, 0.4) is 0 Å². The van der Waals surface area contributed by atoms with Crippen molar-refractivity contribution in [3.8, 4) is 5.88 Å². The van der Waals surface area contributed by atoms with Crippen LogP contribution in [0.15, 0.2) is 133 Å². The Morgan fingerprint density at radius 3 is 1.27 bits per heavy atom. The Kier molecular flexibility index (Phi) is 34.3. The number of pyridine rings is 4. The highest BCUT2D eigenvalue weighted by Gasteiger charge is 2.20. The molecule has 476 valence electrons. The van der Waals surface area contributed by atoms with Crippen molar-refractivity contribution in [1.29, 1.82) is 0 Å². The smallest absolute Gasteiger partial charge is 0.251 e. The average molecular weight is 1180 g/mol. The molecule has 8 nitrogen and oxygen atoms in total. The molecule has 85 heavy (non-hydrogen) atoms. The summed E-state index contributed by atoms with van der Waals surface area (Å²) in [6.45, 7) is 54.6. The molecule has 0 spiro atoms. The molecule has 0 saturated heterocycles. The molecule has 1 unspecified atom stereocenters. The molecule has 0 aliphatic heterocycles. The van der Waals surface area contributed by atoms with Gasteiger partial charge in [0, 0.05) is 73.9 Å². The Bertz CT molecular complexity index is 2850. The second-order valence-corrected chi connectivity index (χ2v) is 27.8. The van der Waals surface area contributed by atoms with Gasteiger partial charge in [-0.3, -0.25) is 14.5 Å². The lowest BCUT2D eigenvalue weighted by Crippen LogP contribution is -2.32. The zero-order valence-corrected chi connectivity index (χ0v) is 54.9. The van der Waals surface area contributed by atoms with Gasteiger partial charge in [-0.25, -0.2) is 23.1 Å². The van der Waals surface area contributed by atoms with E-state index in [0.717, 1.165) is 35.0 Å². The summed E-state index contributed by atoms with van der Waals surface area (Å²) in [5, 5.41) is 4.22. The largest absolute Gasteiger partial charge is 0.444 e. The van der Waals surface area contributed by atoms with E-state index in [1.807, 2.05) is 90.8 Å². The van der Waals surface area contributed by atoms with Crippen molar-refractivity contribution >= 4 is 0 Å². The molecule has 0 N–H and O–H groups in total. The molecular weight excluding hydrogens is 1070 g/mol. The van der Waals surface area contributed by atoms with E-state index in [2.05, 4.69) is 180 Å². The van der Waals surface area contributed by atoms with E-state index in [9.17, 15) is 22.4 Å². The molecule has 0 radical (unpaired) electrons. The molecule has 5 heterocycles. The van der Waals surface area contributed by atoms with Crippen LogP contribution < -0.4 is 10.3 Å². The van der Waals surface area contributed by atoms with Crippen LogP contribution >= 0.6 is 0 Å². The van der Waals surface area contributed by atoms with Gasteiger partial charge < -0.3 is 9.30 Å². The summed E-state index contributed by atoms with van der Waals surface area (Å²) in [6.07, 6.45) is 9.84. The summed E-state index contributed by atoms with van der Waals surface area (Å²) in [5.41, 5.74) is 10.7. The highest BCUT2D eigenvalue weighted by molar-refractivity contribution is 5.28. The minimum Gasteiger partial charge on any atom is -0.444 e. The van der Waals surface area contributed by atoms with Crippen LogP contribution in [0.5, 0.6) is 5.88 Å². The summed E-state index contributed by atoms with van der Waals surface area (Å²) < 4.78 is 58.9. The molecule has 7 aromatic rings. The molecule has 1 atom stereocenters.